The van der Waals surface area contributed by atoms with Gasteiger partial charge in [0, 0.05) is 23.7 Å². The van der Waals surface area contributed by atoms with Crippen LogP contribution in [-0.2, 0) is 0 Å². The van der Waals surface area contributed by atoms with Crippen LogP contribution in [0.5, 0.6) is 0 Å². The standard InChI is InChI=1S/C16H22F3N/c1-20-15(8-11-6-4-2-3-5-7-11)16-13(18)9-12(17)10-14(16)19/h9-11,15,20H,2-8H2,1H3. The predicted molar refractivity (Wildman–Crippen MR) is 73.9 cm³/mol. The van der Waals surface area contributed by atoms with Gasteiger partial charge in [0.05, 0.1) is 0 Å². The first-order valence-corrected chi connectivity index (χ1v) is 7.43. The largest absolute Gasteiger partial charge is 0.313 e. The molecule has 1 saturated carbocycles. The van der Waals surface area contributed by atoms with Crippen molar-refractivity contribution in [3.63, 3.8) is 0 Å². The smallest absolute Gasteiger partial charge is 0.133 e. The van der Waals surface area contributed by atoms with Gasteiger partial charge in [-0.1, -0.05) is 38.5 Å². The second kappa shape index (κ2) is 7.11. The van der Waals surface area contributed by atoms with E-state index in [0.717, 1.165) is 25.0 Å². The van der Waals surface area contributed by atoms with Gasteiger partial charge in [-0.2, -0.15) is 0 Å². The molecule has 20 heavy (non-hydrogen) atoms. The monoisotopic (exact) mass is 285 g/mol. The highest BCUT2D eigenvalue weighted by atomic mass is 19.1. The number of benzene rings is 1. The SMILES string of the molecule is CNC(CC1CCCCCC1)c1c(F)cc(F)cc1F. The maximum absolute atomic E-state index is 13.9. The average Bonchev–Trinajstić information content (AvgIpc) is 2.65. The Hall–Kier alpha value is -1.03. The van der Waals surface area contributed by atoms with Gasteiger partial charge in [0.15, 0.2) is 0 Å². The van der Waals surface area contributed by atoms with E-state index in [0.29, 0.717) is 12.3 Å². The second-order valence-electron chi connectivity index (χ2n) is 5.72. The molecule has 0 heterocycles. The zero-order chi connectivity index (χ0) is 14.5. The predicted octanol–water partition coefficient (Wildman–Crippen LogP) is 4.72. The van der Waals surface area contributed by atoms with Gasteiger partial charge in [-0.05, 0) is 19.4 Å². The molecule has 0 aliphatic heterocycles. The van der Waals surface area contributed by atoms with Crippen LogP contribution in [0.2, 0.25) is 0 Å². The van der Waals surface area contributed by atoms with E-state index in [1.807, 2.05) is 0 Å². The lowest BCUT2D eigenvalue weighted by Gasteiger charge is -2.23. The molecule has 1 N–H and O–H groups in total. The van der Waals surface area contributed by atoms with Gasteiger partial charge < -0.3 is 5.32 Å². The molecular weight excluding hydrogens is 263 g/mol. The summed E-state index contributed by atoms with van der Waals surface area (Å²) in [5.74, 6) is -1.97. The molecule has 1 aromatic rings. The van der Waals surface area contributed by atoms with Gasteiger partial charge in [-0.25, -0.2) is 13.2 Å². The molecule has 4 heteroatoms. The Bertz CT molecular complexity index is 416. The van der Waals surface area contributed by atoms with Crippen molar-refractivity contribution >= 4 is 0 Å². The van der Waals surface area contributed by atoms with Crippen LogP contribution in [0.3, 0.4) is 0 Å². The number of hydrogen-bond acceptors (Lipinski definition) is 1. The number of halogens is 3. The molecule has 1 nitrogen and oxygen atoms in total. The minimum atomic E-state index is -0.868. The van der Waals surface area contributed by atoms with Crippen LogP contribution >= 0.6 is 0 Å². The van der Waals surface area contributed by atoms with E-state index >= 15 is 0 Å². The van der Waals surface area contributed by atoms with Crippen LogP contribution in [0.4, 0.5) is 13.2 Å². The maximum atomic E-state index is 13.9. The number of hydrogen-bond donors (Lipinski definition) is 1. The van der Waals surface area contributed by atoms with Crippen LogP contribution in [0.15, 0.2) is 12.1 Å². The third-order valence-corrected chi connectivity index (χ3v) is 4.28. The molecule has 1 atom stereocenters. The van der Waals surface area contributed by atoms with E-state index in [4.69, 9.17) is 0 Å². The third-order valence-electron chi connectivity index (χ3n) is 4.28. The minimum absolute atomic E-state index is 0.0295. The lowest BCUT2D eigenvalue weighted by atomic mass is 9.89. The summed E-state index contributed by atoms with van der Waals surface area (Å²) in [7, 11) is 1.70. The molecular formula is C16H22F3N. The normalized spacial score (nSPS) is 18.8. The summed E-state index contributed by atoms with van der Waals surface area (Å²) in [6, 6.07) is 1.13. The molecule has 1 aliphatic rings. The Kier molecular flexibility index (Phi) is 5.46. The summed E-state index contributed by atoms with van der Waals surface area (Å²) in [5, 5.41) is 2.98. The average molecular weight is 285 g/mol. The van der Waals surface area contributed by atoms with E-state index in [1.54, 1.807) is 7.05 Å². The quantitative estimate of drug-likeness (QED) is 0.789. The Labute approximate surface area is 118 Å². The minimum Gasteiger partial charge on any atom is -0.313 e. The number of rotatable bonds is 4. The van der Waals surface area contributed by atoms with E-state index in [2.05, 4.69) is 5.32 Å². The molecule has 0 aromatic heterocycles. The van der Waals surface area contributed by atoms with E-state index in [9.17, 15) is 13.2 Å². The summed E-state index contributed by atoms with van der Waals surface area (Å²) in [5.41, 5.74) is -0.0295. The van der Waals surface area contributed by atoms with E-state index in [1.165, 1.54) is 25.7 Å². The molecule has 0 amide bonds. The van der Waals surface area contributed by atoms with Crippen LogP contribution in [0.1, 0.15) is 56.6 Å². The van der Waals surface area contributed by atoms with Crippen LogP contribution in [-0.4, -0.2) is 7.05 Å². The van der Waals surface area contributed by atoms with Crippen molar-refractivity contribution in [2.24, 2.45) is 5.92 Å². The van der Waals surface area contributed by atoms with Gasteiger partial charge >= 0.3 is 0 Å². The maximum Gasteiger partial charge on any atom is 0.133 e. The fraction of sp³-hybridized carbons (Fsp3) is 0.625. The highest BCUT2D eigenvalue weighted by Crippen LogP contribution is 2.33. The fourth-order valence-electron chi connectivity index (χ4n) is 3.20. The summed E-state index contributed by atoms with van der Waals surface area (Å²) >= 11 is 0. The molecule has 1 aromatic carbocycles. The first-order valence-electron chi connectivity index (χ1n) is 7.43. The Balaban J connectivity index is 2.15. The molecule has 2 rings (SSSR count). The highest BCUT2D eigenvalue weighted by Gasteiger charge is 2.24. The zero-order valence-corrected chi connectivity index (χ0v) is 11.9. The van der Waals surface area contributed by atoms with Crippen molar-refractivity contribution in [2.45, 2.75) is 51.0 Å². The lowest BCUT2D eigenvalue weighted by Crippen LogP contribution is -2.22. The van der Waals surface area contributed by atoms with Gasteiger partial charge in [0.2, 0.25) is 0 Å². The van der Waals surface area contributed by atoms with Gasteiger partial charge in [0.1, 0.15) is 17.5 Å². The summed E-state index contributed by atoms with van der Waals surface area (Å²) < 4.78 is 40.7. The lowest BCUT2D eigenvalue weighted by molar-refractivity contribution is 0.353. The topological polar surface area (TPSA) is 12.0 Å². The van der Waals surface area contributed by atoms with E-state index in [-0.39, 0.29) is 5.56 Å². The highest BCUT2D eigenvalue weighted by molar-refractivity contribution is 5.24. The van der Waals surface area contributed by atoms with Gasteiger partial charge in [-0.15, -0.1) is 0 Å². The Morgan fingerprint density at radius 3 is 2.10 bits per heavy atom. The van der Waals surface area contributed by atoms with Crippen molar-refractivity contribution in [1.29, 1.82) is 0 Å². The molecule has 1 fully saturated rings. The van der Waals surface area contributed by atoms with Gasteiger partial charge in [-0.3, -0.25) is 0 Å². The molecule has 0 spiro atoms. The van der Waals surface area contributed by atoms with Crippen LogP contribution in [0.25, 0.3) is 0 Å². The summed E-state index contributed by atoms with van der Waals surface area (Å²) in [6.07, 6.45) is 7.81. The first-order chi connectivity index (χ1) is 9.61. The molecule has 1 aliphatic carbocycles. The van der Waals surface area contributed by atoms with Gasteiger partial charge in [0.25, 0.3) is 0 Å². The molecule has 0 bridgehead atoms. The Morgan fingerprint density at radius 1 is 1.05 bits per heavy atom. The first kappa shape index (κ1) is 15.4. The van der Waals surface area contributed by atoms with Crippen molar-refractivity contribution in [2.75, 3.05) is 7.05 Å². The van der Waals surface area contributed by atoms with Crippen molar-refractivity contribution in [3.8, 4) is 0 Å². The third kappa shape index (κ3) is 3.75. The van der Waals surface area contributed by atoms with Crippen molar-refractivity contribution in [3.05, 3.63) is 35.1 Å². The molecule has 0 radical (unpaired) electrons. The Morgan fingerprint density at radius 2 is 1.60 bits per heavy atom. The molecule has 1 unspecified atom stereocenters. The zero-order valence-electron chi connectivity index (χ0n) is 11.9. The van der Waals surface area contributed by atoms with Crippen molar-refractivity contribution < 1.29 is 13.2 Å². The molecule has 112 valence electrons. The van der Waals surface area contributed by atoms with Crippen LogP contribution in [0, 0.1) is 23.4 Å². The summed E-state index contributed by atoms with van der Waals surface area (Å²) in [6.45, 7) is 0. The molecule has 0 saturated heterocycles. The summed E-state index contributed by atoms with van der Waals surface area (Å²) in [4.78, 5) is 0. The van der Waals surface area contributed by atoms with Crippen LogP contribution < -0.4 is 5.32 Å². The number of nitrogens with one attached hydrogen (secondary N) is 1. The fourth-order valence-corrected chi connectivity index (χ4v) is 3.20. The second-order valence-corrected chi connectivity index (χ2v) is 5.72. The van der Waals surface area contributed by atoms with E-state index < -0.39 is 23.5 Å². The van der Waals surface area contributed by atoms with Crippen molar-refractivity contribution in [1.82, 2.24) is 5.32 Å².